The summed E-state index contributed by atoms with van der Waals surface area (Å²) >= 11 is 0. The lowest BCUT2D eigenvalue weighted by Gasteiger charge is -2.12. The molecule has 0 aliphatic heterocycles. The van der Waals surface area contributed by atoms with Crippen LogP contribution in [0.1, 0.15) is 44.1 Å². The van der Waals surface area contributed by atoms with Crippen molar-refractivity contribution in [2.24, 2.45) is 0 Å². The maximum atomic E-state index is 9.72. The van der Waals surface area contributed by atoms with E-state index in [0.717, 1.165) is 36.5 Å². The molecule has 15 heavy (non-hydrogen) atoms. The number of pyridine rings is 1. The smallest absolute Gasteiger partial charge is 0.126 e. The van der Waals surface area contributed by atoms with Crippen molar-refractivity contribution < 1.29 is 5.11 Å². The lowest BCUT2D eigenvalue weighted by molar-refractivity contribution is 0.172. The third kappa shape index (κ3) is 3.20. The van der Waals surface area contributed by atoms with Crippen LogP contribution in [-0.2, 0) is 0 Å². The quantitative estimate of drug-likeness (QED) is 0.782. The molecule has 3 nitrogen and oxygen atoms in total. The SMILES string of the molecule is CCCNc1ccc([C@H](O)CC)c(C)n1. The average molecular weight is 208 g/mol. The van der Waals surface area contributed by atoms with E-state index < -0.39 is 6.10 Å². The molecule has 0 saturated carbocycles. The Balaban J connectivity index is 2.78. The van der Waals surface area contributed by atoms with Gasteiger partial charge in [0.1, 0.15) is 5.82 Å². The highest BCUT2D eigenvalue weighted by Gasteiger charge is 2.09. The Hall–Kier alpha value is -1.09. The number of nitrogens with one attached hydrogen (secondary N) is 1. The maximum absolute atomic E-state index is 9.72. The molecular weight excluding hydrogens is 188 g/mol. The Morgan fingerprint density at radius 2 is 2.13 bits per heavy atom. The van der Waals surface area contributed by atoms with Crippen LogP contribution in [0.15, 0.2) is 12.1 Å². The summed E-state index contributed by atoms with van der Waals surface area (Å²) in [6, 6.07) is 3.88. The minimum atomic E-state index is -0.391. The van der Waals surface area contributed by atoms with E-state index in [4.69, 9.17) is 0 Å². The first kappa shape index (κ1) is 12.0. The lowest BCUT2D eigenvalue weighted by Crippen LogP contribution is -2.05. The fourth-order valence-electron chi connectivity index (χ4n) is 1.50. The van der Waals surface area contributed by atoms with Crippen LogP contribution in [0.25, 0.3) is 0 Å². The molecule has 2 N–H and O–H groups in total. The molecular formula is C12H20N2O. The van der Waals surface area contributed by atoms with E-state index in [1.54, 1.807) is 0 Å². The molecule has 0 aromatic carbocycles. The molecule has 1 rings (SSSR count). The van der Waals surface area contributed by atoms with Gasteiger partial charge in [-0.2, -0.15) is 0 Å². The molecule has 1 aromatic heterocycles. The van der Waals surface area contributed by atoms with Crippen LogP contribution in [-0.4, -0.2) is 16.6 Å². The van der Waals surface area contributed by atoms with Crippen LogP contribution in [0.4, 0.5) is 5.82 Å². The Morgan fingerprint density at radius 3 is 2.67 bits per heavy atom. The zero-order valence-electron chi connectivity index (χ0n) is 9.75. The van der Waals surface area contributed by atoms with Crippen molar-refractivity contribution in [3.63, 3.8) is 0 Å². The Bertz CT molecular complexity index is 312. The molecule has 0 amide bonds. The molecule has 0 unspecified atom stereocenters. The molecule has 0 radical (unpaired) electrons. The van der Waals surface area contributed by atoms with Crippen LogP contribution in [0.5, 0.6) is 0 Å². The van der Waals surface area contributed by atoms with Gasteiger partial charge in [0.2, 0.25) is 0 Å². The third-order valence-electron chi connectivity index (χ3n) is 2.43. The van der Waals surface area contributed by atoms with Gasteiger partial charge in [0.15, 0.2) is 0 Å². The largest absolute Gasteiger partial charge is 0.388 e. The highest BCUT2D eigenvalue weighted by atomic mass is 16.3. The summed E-state index contributed by atoms with van der Waals surface area (Å²) in [6.07, 6.45) is 1.42. The van der Waals surface area contributed by atoms with Crippen molar-refractivity contribution in [1.82, 2.24) is 4.98 Å². The predicted molar refractivity (Wildman–Crippen MR) is 63.0 cm³/mol. The maximum Gasteiger partial charge on any atom is 0.126 e. The van der Waals surface area contributed by atoms with E-state index >= 15 is 0 Å². The molecule has 84 valence electrons. The Labute approximate surface area is 91.5 Å². The minimum Gasteiger partial charge on any atom is -0.388 e. The molecule has 3 heteroatoms. The van der Waals surface area contributed by atoms with Gasteiger partial charge in [0, 0.05) is 17.8 Å². The molecule has 0 fully saturated rings. The van der Waals surface area contributed by atoms with Gasteiger partial charge < -0.3 is 10.4 Å². The number of hydrogen-bond donors (Lipinski definition) is 2. The summed E-state index contributed by atoms with van der Waals surface area (Å²) < 4.78 is 0. The monoisotopic (exact) mass is 208 g/mol. The van der Waals surface area contributed by atoms with Crippen molar-refractivity contribution in [1.29, 1.82) is 0 Å². The van der Waals surface area contributed by atoms with E-state index in [1.165, 1.54) is 0 Å². The van der Waals surface area contributed by atoms with Crippen LogP contribution in [0.3, 0.4) is 0 Å². The van der Waals surface area contributed by atoms with E-state index in [2.05, 4.69) is 17.2 Å². The van der Waals surface area contributed by atoms with E-state index in [-0.39, 0.29) is 0 Å². The van der Waals surface area contributed by atoms with Crippen LogP contribution in [0, 0.1) is 6.92 Å². The zero-order valence-corrected chi connectivity index (χ0v) is 9.75. The number of hydrogen-bond acceptors (Lipinski definition) is 3. The van der Waals surface area contributed by atoms with E-state index in [9.17, 15) is 5.11 Å². The second-order valence-electron chi connectivity index (χ2n) is 3.72. The van der Waals surface area contributed by atoms with Crippen molar-refractivity contribution in [3.8, 4) is 0 Å². The average Bonchev–Trinajstić information content (AvgIpc) is 2.25. The summed E-state index contributed by atoms with van der Waals surface area (Å²) in [5.74, 6) is 0.890. The normalized spacial score (nSPS) is 12.5. The molecule has 0 bridgehead atoms. The molecule has 1 aromatic rings. The Morgan fingerprint density at radius 1 is 1.40 bits per heavy atom. The van der Waals surface area contributed by atoms with Crippen molar-refractivity contribution in [2.45, 2.75) is 39.7 Å². The third-order valence-corrected chi connectivity index (χ3v) is 2.43. The van der Waals surface area contributed by atoms with Gasteiger partial charge in [-0.3, -0.25) is 0 Å². The number of rotatable bonds is 5. The highest BCUT2D eigenvalue weighted by molar-refractivity contribution is 5.39. The lowest BCUT2D eigenvalue weighted by atomic mass is 10.1. The molecule has 0 aliphatic carbocycles. The minimum absolute atomic E-state index is 0.391. The second-order valence-corrected chi connectivity index (χ2v) is 3.72. The van der Waals surface area contributed by atoms with Crippen molar-refractivity contribution in [2.75, 3.05) is 11.9 Å². The summed E-state index contributed by atoms with van der Waals surface area (Å²) in [5, 5.41) is 12.9. The first-order chi connectivity index (χ1) is 7.19. The van der Waals surface area contributed by atoms with Crippen molar-refractivity contribution in [3.05, 3.63) is 23.4 Å². The topological polar surface area (TPSA) is 45.1 Å². The van der Waals surface area contributed by atoms with E-state index in [0.29, 0.717) is 0 Å². The molecule has 0 spiro atoms. The predicted octanol–water partition coefficient (Wildman–Crippen LogP) is 2.66. The van der Waals surface area contributed by atoms with Crippen LogP contribution in [0.2, 0.25) is 0 Å². The fraction of sp³-hybridized carbons (Fsp3) is 0.583. The molecule has 1 heterocycles. The second kappa shape index (κ2) is 5.71. The van der Waals surface area contributed by atoms with Crippen LogP contribution < -0.4 is 5.32 Å². The van der Waals surface area contributed by atoms with Crippen LogP contribution >= 0.6 is 0 Å². The number of nitrogens with zero attached hydrogens (tertiary/aromatic N) is 1. The number of aryl methyl sites for hydroxylation is 1. The van der Waals surface area contributed by atoms with Gasteiger partial charge in [-0.05, 0) is 25.8 Å². The fourth-order valence-corrected chi connectivity index (χ4v) is 1.50. The van der Waals surface area contributed by atoms with Gasteiger partial charge in [-0.25, -0.2) is 4.98 Å². The summed E-state index contributed by atoms with van der Waals surface area (Å²) in [6.45, 7) is 6.95. The Kier molecular flexibility index (Phi) is 4.56. The summed E-state index contributed by atoms with van der Waals surface area (Å²) in [5.41, 5.74) is 1.84. The first-order valence-corrected chi connectivity index (χ1v) is 5.58. The van der Waals surface area contributed by atoms with Gasteiger partial charge in [-0.1, -0.05) is 19.9 Å². The molecule has 0 aliphatic rings. The zero-order chi connectivity index (χ0) is 11.3. The number of aliphatic hydroxyl groups excluding tert-OH is 1. The molecule has 1 atom stereocenters. The standard InChI is InChI=1S/C12H20N2O/c1-4-8-13-12-7-6-10(9(3)14-12)11(15)5-2/h6-7,11,15H,4-5,8H2,1-3H3,(H,13,14)/t11-/m1/s1. The van der Waals surface area contributed by atoms with Gasteiger partial charge in [0.05, 0.1) is 6.10 Å². The van der Waals surface area contributed by atoms with Gasteiger partial charge >= 0.3 is 0 Å². The highest BCUT2D eigenvalue weighted by Crippen LogP contribution is 2.20. The van der Waals surface area contributed by atoms with E-state index in [1.807, 2.05) is 26.0 Å². The van der Waals surface area contributed by atoms with Gasteiger partial charge in [0.25, 0.3) is 0 Å². The molecule has 0 saturated heterocycles. The first-order valence-electron chi connectivity index (χ1n) is 5.58. The number of aromatic nitrogens is 1. The number of anilines is 1. The van der Waals surface area contributed by atoms with Crippen molar-refractivity contribution >= 4 is 5.82 Å². The number of aliphatic hydroxyl groups is 1. The van der Waals surface area contributed by atoms with Gasteiger partial charge in [-0.15, -0.1) is 0 Å². The summed E-state index contributed by atoms with van der Waals surface area (Å²) in [4.78, 5) is 4.41. The summed E-state index contributed by atoms with van der Waals surface area (Å²) in [7, 11) is 0.